The maximum atomic E-state index is 6.31. The third-order valence-electron chi connectivity index (χ3n) is 4.90. The van der Waals surface area contributed by atoms with Crippen molar-refractivity contribution in [2.24, 2.45) is 5.73 Å². The molecule has 1 heterocycles. The van der Waals surface area contributed by atoms with Crippen LogP contribution in [0.15, 0.2) is 60.8 Å². The fourth-order valence-electron chi connectivity index (χ4n) is 3.15. The van der Waals surface area contributed by atoms with Crippen LogP contribution in [0.25, 0.3) is 16.9 Å². The molecule has 4 nitrogen and oxygen atoms in total. The van der Waals surface area contributed by atoms with Crippen molar-refractivity contribution in [2.45, 2.75) is 31.2 Å². The van der Waals surface area contributed by atoms with Crippen LogP contribution in [-0.4, -0.2) is 20.5 Å². The Hall–Kier alpha value is -2.46. The first-order chi connectivity index (χ1) is 11.2. The Bertz CT molecular complexity index is 807. The summed E-state index contributed by atoms with van der Waals surface area (Å²) < 4.78 is 1.81. The van der Waals surface area contributed by atoms with Crippen LogP contribution in [-0.2, 0) is 0 Å². The zero-order chi connectivity index (χ0) is 15.9. The number of aromatic nitrogens is 3. The topological polar surface area (TPSA) is 56.7 Å². The van der Waals surface area contributed by atoms with Crippen LogP contribution in [0.4, 0.5) is 0 Å². The Morgan fingerprint density at radius 1 is 1.13 bits per heavy atom. The fourth-order valence-corrected chi connectivity index (χ4v) is 3.15. The molecule has 1 aliphatic rings. The summed E-state index contributed by atoms with van der Waals surface area (Å²) in [6, 6.07) is 18.6. The highest BCUT2D eigenvalue weighted by Gasteiger charge is 2.49. The molecule has 2 atom stereocenters. The van der Waals surface area contributed by atoms with Gasteiger partial charge in [0.05, 0.1) is 11.9 Å². The van der Waals surface area contributed by atoms with Crippen molar-refractivity contribution in [3.63, 3.8) is 0 Å². The molecule has 1 aromatic heterocycles. The predicted octanol–water partition coefficient (Wildman–Crippen LogP) is 3.53. The van der Waals surface area contributed by atoms with E-state index in [9.17, 15) is 0 Å². The molecule has 0 unspecified atom stereocenters. The number of nitrogens with zero attached hydrogens (tertiary/aromatic N) is 3. The van der Waals surface area contributed by atoms with Gasteiger partial charge in [0, 0.05) is 17.0 Å². The monoisotopic (exact) mass is 304 g/mol. The molecular weight excluding hydrogens is 284 g/mol. The number of hydrogen-bond donors (Lipinski definition) is 1. The minimum absolute atomic E-state index is 0.00918. The summed E-state index contributed by atoms with van der Waals surface area (Å²) >= 11 is 0. The van der Waals surface area contributed by atoms with E-state index < -0.39 is 0 Å². The molecule has 0 saturated heterocycles. The molecule has 2 N–H and O–H groups in total. The van der Waals surface area contributed by atoms with Gasteiger partial charge in [0.15, 0.2) is 0 Å². The van der Waals surface area contributed by atoms with Gasteiger partial charge in [-0.15, -0.1) is 5.10 Å². The maximum absolute atomic E-state index is 6.31. The van der Waals surface area contributed by atoms with Gasteiger partial charge >= 0.3 is 0 Å². The second-order valence-corrected chi connectivity index (χ2v) is 6.35. The fraction of sp³-hybridized carbons (Fsp3) is 0.263. The summed E-state index contributed by atoms with van der Waals surface area (Å²) in [5.41, 5.74) is 10.6. The van der Waals surface area contributed by atoms with Crippen molar-refractivity contribution in [3.8, 4) is 16.9 Å². The first kappa shape index (κ1) is 14.2. The molecule has 1 saturated carbocycles. The molecule has 0 aliphatic heterocycles. The summed E-state index contributed by atoms with van der Waals surface area (Å²) in [4.78, 5) is 0. The van der Waals surface area contributed by atoms with Crippen LogP contribution < -0.4 is 5.73 Å². The van der Waals surface area contributed by atoms with Crippen molar-refractivity contribution in [1.82, 2.24) is 15.0 Å². The summed E-state index contributed by atoms with van der Waals surface area (Å²) in [5, 5.41) is 8.50. The highest BCUT2D eigenvalue weighted by Crippen LogP contribution is 2.51. The third-order valence-corrected chi connectivity index (χ3v) is 4.90. The zero-order valence-corrected chi connectivity index (χ0v) is 13.2. The second-order valence-electron chi connectivity index (χ2n) is 6.35. The van der Waals surface area contributed by atoms with Crippen molar-refractivity contribution in [3.05, 3.63) is 66.4 Å². The van der Waals surface area contributed by atoms with Gasteiger partial charge in [0.2, 0.25) is 0 Å². The Morgan fingerprint density at radius 2 is 1.87 bits per heavy atom. The Kier molecular flexibility index (Phi) is 3.27. The van der Waals surface area contributed by atoms with Crippen LogP contribution in [0.5, 0.6) is 0 Å². The molecule has 1 fully saturated rings. The molecular formula is C19H20N4. The van der Waals surface area contributed by atoms with E-state index >= 15 is 0 Å². The lowest BCUT2D eigenvalue weighted by molar-refractivity contribution is 0.626. The van der Waals surface area contributed by atoms with Gasteiger partial charge in [-0.25, -0.2) is 4.68 Å². The predicted molar refractivity (Wildman–Crippen MR) is 91.4 cm³/mol. The second kappa shape index (κ2) is 5.32. The summed E-state index contributed by atoms with van der Waals surface area (Å²) in [7, 11) is 0. The zero-order valence-electron chi connectivity index (χ0n) is 13.2. The highest BCUT2D eigenvalue weighted by molar-refractivity contribution is 5.57. The van der Waals surface area contributed by atoms with Gasteiger partial charge in [-0.2, -0.15) is 0 Å². The molecule has 3 aromatic rings. The number of rotatable bonds is 4. The standard InChI is InChI=1S/C19H20N4/c1-2-19(20)12-17(19)14-8-10-16(11-9-14)23-13-18(21-22-23)15-6-4-3-5-7-15/h3-11,13,17H,2,12,20H2,1H3/t17-,19+/m0/s1. The van der Waals surface area contributed by atoms with Crippen LogP contribution in [0, 0.1) is 0 Å². The number of nitrogens with two attached hydrogens (primary N) is 1. The summed E-state index contributed by atoms with van der Waals surface area (Å²) in [6.07, 6.45) is 4.08. The van der Waals surface area contributed by atoms with Crippen molar-refractivity contribution >= 4 is 0 Å². The number of hydrogen-bond acceptors (Lipinski definition) is 3. The van der Waals surface area contributed by atoms with Crippen molar-refractivity contribution in [1.29, 1.82) is 0 Å². The Labute approximate surface area is 135 Å². The molecule has 0 amide bonds. The molecule has 0 spiro atoms. The van der Waals surface area contributed by atoms with Crippen molar-refractivity contribution < 1.29 is 0 Å². The van der Waals surface area contributed by atoms with Gasteiger partial charge in [-0.3, -0.25) is 0 Å². The average Bonchev–Trinajstić information content (AvgIpc) is 3.07. The molecule has 23 heavy (non-hydrogen) atoms. The normalized spacial score (nSPS) is 23.0. The van der Waals surface area contributed by atoms with Crippen molar-refractivity contribution in [2.75, 3.05) is 0 Å². The van der Waals surface area contributed by atoms with Gasteiger partial charge < -0.3 is 5.73 Å². The Morgan fingerprint density at radius 3 is 2.52 bits per heavy atom. The largest absolute Gasteiger partial charge is 0.325 e. The minimum Gasteiger partial charge on any atom is -0.325 e. The first-order valence-corrected chi connectivity index (χ1v) is 8.06. The van der Waals surface area contributed by atoms with E-state index in [0.29, 0.717) is 5.92 Å². The SMILES string of the molecule is CC[C@@]1(N)C[C@H]1c1ccc(-n2cc(-c3ccccc3)nn2)cc1. The van der Waals surface area contributed by atoms with Gasteiger partial charge in [-0.05, 0) is 30.5 Å². The van der Waals surface area contributed by atoms with Gasteiger partial charge in [0.1, 0.15) is 5.69 Å². The molecule has 2 aromatic carbocycles. The number of benzene rings is 2. The quantitative estimate of drug-likeness (QED) is 0.802. The molecule has 0 bridgehead atoms. The lowest BCUT2D eigenvalue weighted by Gasteiger charge is -2.08. The highest BCUT2D eigenvalue weighted by atomic mass is 15.4. The average molecular weight is 304 g/mol. The van der Waals surface area contributed by atoms with E-state index in [2.05, 4.69) is 41.5 Å². The van der Waals surface area contributed by atoms with Crippen LogP contribution in [0.1, 0.15) is 31.2 Å². The van der Waals surface area contributed by atoms with E-state index in [4.69, 9.17) is 5.73 Å². The Balaban J connectivity index is 1.56. The molecule has 0 radical (unpaired) electrons. The van der Waals surface area contributed by atoms with E-state index in [-0.39, 0.29) is 5.54 Å². The lowest BCUT2D eigenvalue weighted by Crippen LogP contribution is -2.22. The van der Waals surface area contributed by atoms with E-state index in [0.717, 1.165) is 29.8 Å². The van der Waals surface area contributed by atoms with E-state index in [1.54, 1.807) is 0 Å². The minimum atomic E-state index is 0.00918. The first-order valence-electron chi connectivity index (χ1n) is 8.06. The smallest absolute Gasteiger partial charge is 0.113 e. The van der Waals surface area contributed by atoms with Gasteiger partial charge in [-0.1, -0.05) is 54.6 Å². The van der Waals surface area contributed by atoms with E-state index in [1.165, 1.54) is 5.56 Å². The summed E-state index contributed by atoms with van der Waals surface area (Å²) in [6.45, 7) is 2.16. The van der Waals surface area contributed by atoms with E-state index in [1.807, 2.05) is 41.2 Å². The third kappa shape index (κ3) is 2.55. The molecule has 1 aliphatic carbocycles. The van der Waals surface area contributed by atoms with Crippen LogP contribution in [0.3, 0.4) is 0 Å². The summed E-state index contributed by atoms with van der Waals surface area (Å²) in [5.74, 6) is 0.497. The molecule has 4 rings (SSSR count). The van der Waals surface area contributed by atoms with Crippen LogP contribution >= 0.6 is 0 Å². The van der Waals surface area contributed by atoms with Gasteiger partial charge in [0.25, 0.3) is 0 Å². The molecule has 116 valence electrons. The lowest BCUT2D eigenvalue weighted by atomic mass is 10.0. The molecule has 4 heteroatoms. The maximum Gasteiger partial charge on any atom is 0.113 e. The van der Waals surface area contributed by atoms with Crippen LogP contribution in [0.2, 0.25) is 0 Å².